The van der Waals surface area contributed by atoms with Gasteiger partial charge in [-0.05, 0) is 49.4 Å². The van der Waals surface area contributed by atoms with E-state index in [2.05, 4.69) is 0 Å². The van der Waals surface area contributed by atoms with Gasteiger partial charge in [-0.3, -0.25) is 4.79 Å². The second-order valence-corrected chi connectivity index (χ2v) is 5.06. The summed E-state index contributed by atoms with van der Waals surface area (Å²) in [7, 11) is 0. The summed E-state index contributed by atoms with van der Waals surface area (Å²) in [6.07, 6.45) is 0.437. The zero-order chi connectivity index (χ0) is 19.3. The van der Waals surface area contributed by atoms with Gasteiger partial charge < -0.3 is 24.8 Å². The summed E-state index contributed by atoms with van der Waals surface area (Å²) in [5, 5.41) is 27.1. The molecular formula is C18H14O8. The number of hydrogen-bond donors (Lipinski definition) is 3. The Morgan fingerprint density at radius 3 is 2.04 bits per heavy atom. The molecule has 0 radical (unpaired) electrons. The highest BCUT2D eigenvalue weighted by atomic mass is 16.5. The van der Waals surface area contributed by atoms with Gasteiger partial charge in [-0.25, -0.2) is 9.59 Å². The average Bonchev–Trinajstić information content (AvgIpc) is 2.57. The van der Waals surface area contributed by atoms with Gasteiger partial charge in [-0.2, -0.15) is 0 Å². The zero-order valence-electron chi connectivity index (χ0n) is 13.5. The molecule has 8 nitrogen and oxygen atoms in total. The molecule has 0 spiro atoms. The molecule has 2 aromatic carbocycles. The minimum Gasteiger partial charge on any atom is -0.507 e. The summed E-state index contributed by atoms with van der Waals surface area (Å²) in [6.45, 7) is 1.32. The van der Waals surface area contributed by atoms with Crippen LogP contribution in [0.25, 0.3) is 0 Å². The first-order valence-electron chi connectivity index (χ1n) is 7.24. The minimum absolute atomic E-state index is 0.0994. The van der Waals surface area contributed by atoms with Gasteiger partial charge in [0.1, 0.15) is 23.0 Å². The van der Waals surface area contributed by atoms with Crippen LogP contribution >= 0.6 is 0 Å². The molecular weight excluding hydrogens is 344 g/mol. The van der Waals surface area contributed by atoms with Gasteiger partial charge in [0.05, 0.1) is 11.6 Å². The van der Waals surface area contributed by atoms with Crippen molar-refractivity contribution in [2.24, 2.45) is 0 Å². The van der Waals surface area contributed by atoms with Crippen molar-refractivity contribution in [1.82, 2.24) is 0 Å². The Morgan fingerprint density at radius 2 is 1.50 bits per heavy atom. The van der Waals surface area contributed by atoms with E-state index in [9.17, 15) is 19.5 Å². The summed E-state index contributed by atoms with van der Waals surface area (Å²) < 4.78 is 10.6. The maximum absolute atomic E-state index is 11.4. The third kappa shape index (κ3) is 4.84. The Balaban J connectivity index is 2.15. The van der Waals surface area contributed by atoms with Crippen LogP contribution in [-0.4, -0.2) is 33.0 Å². The van der Waals surface area contributed by atoms with Gasteiger partial charge in [0.25, 0.3) is 0 Å². The number of carboxylic acids is 2. The number of carbonyl (C=O) groups is 3. The van der Waals surface area contributed by atoms with E-state index in [1.165, 1.54) is 49.4 Å². The highest BCUT2D eigenvalue weighted by Gasteiger charge is 2.13. The lowest BCUT2D eigenvalue weighted by Crippen LogP contribution is -2.10. The topological polar surface area (TPSA) is 130 Å². The number of aromatic hydroxyl groups is 1. The molecule has 3 N–H and O–H groups in total. The van der Waals surface area contributed by atoms with Crippen LogP contribution in [0.2, 0.25) is 0 Å². The number of benzene rings is 2. The average molecular weight is 358 g/mol. The highest BCUT2D eigenvalue weighted by Crippen LogP contribution is 2.28. The first-order valence-corrected chi connectivity index (χ1v) is 7.24. The van der Waals surface area contributed by atoms with E-state index in [-0.39, 0.29) is 22.8 Å². The second kappa shape index (κ2) is 7.84. The number of carboxylic acid groups (broad SMARTS) is 2. The molecule has 2 aromatic rings. The molecule has 0 fully saturated rings. The van der Waals surface area contributed by atoms with Crippen molar-refractivity contribution in [1.29, 1.82) is 0 Å². The molecule has 0 aliphatic carbocycles. The van der Waals surface area contributed by atoms with Crippen molar-refractivity contribution in [3.05, 3.63) is 59.9 Å². The summed E-state index contributed by atoms with van der Waals surface area (Å²) in [6, 6.07) is 9.91. The van der Waals surface area contributed by atoms with Crippen molar-refractivity contribution in [2.45, 2.75) is 6.92 Å². The fourth-order valence-corrected chi connectivity index (χ4v) is 1.95. The molecule has 0 saturated heterocycles. The maximum atomic E-state index is 11.4. The number of phenolic OH excluding ortho intramolecular Hbond substituents is 1. The molecule has 0 heterocycles. The summed E-state index contributed by atoms with van der Waals surface area (Å²) in [5.41, 5.74) is 0.118. The maximum Gasteiger partial charge on any atom is 0.372 e. The number of rotatable bonds is 7. The molecule has 0 aliphatic heterocycles. The van der Waals surface area contributed by atoms with Crippen molar-refractivity contribution >= 4 is 17.7 Å². The number of aliphatic carboxylic acids is 2. The van der Waals surface area contributed by atoms with E-state index >= 15 is 0 Å². The molecule has 0 atom stereocenters. The summed E-state index contributed by atoms with van der Waals surface area (Å²) in [4.78, 5) is 32.9. The van der Waals surface area contributed by atoms with Crippen LogP contribution in [0.1, 0.15) is 17.3 Å². The fraction of sp³-hybridized carbons (Fsp3) is 0.0556. The Morgan fingerprint density at radius 1 is 0.923 bits per heavy atom. The molecule has 26 heavy (non-hydrogen) atoms. The lowest BCUT2D eigenvalue weighted by molar-refractivity contribution is -0.137. The molecule has 134 valence electrons. The fourth-order valence-electron chi connectivity index (χ4n) is 1.95. The van der Waals surface area contributed by atoms with Crippen LogP contribution in [0, 0.1) is 0 Å². The van der Waals surface area contributed by atoms with Crippen LogP contribution < -0.4 is 9.47 Å². The molecule has 8 heteroatoms. The molecule has 0 aliphatic rings. The van der Waals surface area contributed by atoms with Gasteiger partial charge >= 0.3 is 11.9 Å². The number of phenols is 1. The van der Waals surface area contributed by atoms with Crippen molar-refractivity contribution < 1.29 is 39.2 Å². The first kappa shape index (κ1) is 18.5. The van der Waals surface area contributed by atoms with Gasteiger partial charge in [-0.1, -0.05) is 0 Å². The van der Waals surface area contributed by atoms with Gasteiger partial charge in [-0.15, -0.1) is 0 Å². The van der Waals surface area contributed by atoms with E-state index < -0.39 is 17.7 Å². The monoisotopic (exact) mass is 358 g/mol. The van der Waals surface area contributed by atoms with Gasteiger partial charge in [0.15, 0.2) is 5.78 Å². The summed E-state index contributed by atoms with van der Waals surface area (Å²) in [5.74, 6) is -3.40. The van der Waals surface area contributed by atoms with Gasteiger partial charge in [0.2, 0.25) is 5.76 Å². The smallest absolute Gasteiger partial charge is 0.372 e. The number of hydrogen-bond acceptors (Lipinski definition) is 6. The molecule has 0 unspecified atom stereocenters. The third-order valence-corrected chi connectivity index (χ3v) is 3.10. The van der Waals surface area contributed by atoms with E-state index in [1.54, 1.807) is 0 Å². The summed E-state index contributed by atoms with van der Waals surface area (Å²) >= 11 is 0. The van der Waals surface area contributed by atoms with Crippen LogP contribution in [0.15, 0.2) is 54.3 Å². The Kier molecular flexibility index (Phi) is 5.59. The number of ketones is 1. The minimum atomic E-state index is -1.52. The predicted octanol–water partition coefficient (Wildman–Crippen LogP) is 2.82. The van der Waals surface area contributed by atoms with E-state index in [4.69, 9.17) is 19.7 Å². The Bertz CT molecular complexity index is 881. The van der Waals surface area contributed by atoms with E-state index in [0.29, 0.717) is 17.6 Å². The molecule has 2 rings (SSSR count). The predicted molar refractivity (Wildman–Crippen MR) is 88.6 cm³/mol. The first-order chi connectivity index (χ1) is 12.3. The highest BCUT2D eigenvalue weighted by molar-refractivity contribution is 5.97. The molecule has 0 saturated carbocycles. The SMILES string of the molecule is CC(=O)c1cc(Oc2ccc(OC(=CC(=O)O)C(=O)O)cc2)ccc1O. The molecule has 0 aromatic heterocycles. The number of carbonyl (C=O) groups excluding carboxylic acids is 1. The van der Waals surface area contributed by atoms with E-state index in [1.807, 2.05) is 0 Å². The van der Waals surface area contributed by atoms with Crippen LogP contribution in [0.3, 0.4) is 0 Å². The third-order valence-electron chi connectivity index (χ3n) is 3.10. The standard InChI is InChI=1S/C18H14O8/c1-10(19)14-8-13(6-7-15(14)20)25-11-2-4-12(5-3-11)26-16(18(23)24)9-17(21)22/h2-9,20H,1H3,(H,21,22)(H,23,24). The molecule has 0 amide bonds. The largest absolute Gasteiger partial charge is 0.507 e. The number of Topliss-reactive ketones (excluding diaryl/α,β-unsaturated/α-hetero) is 1. The van der Waals surface area contributed by atoms with Crippen molar-refractivity contribution in [3.63, 3.8) is 0 Å². The van der Waals surface area contributed by atoms with Crippen molar-refractivity contribution in [3.8, 4) is 23.0 Å². The van der Waals surface area contributed by atoms with Gasteiger partial charge in [0, 0.05) is 0 Å². The quantitative estimate of drug-likeness (QED) is 0.391. The lowest BCUT2D eigenvalue weighted by Gasteiger charge is -2.09. The normalized spacial score (nSPS) is 10.9. The Hall–Kier alpha value is -3.81. The second-order valence-electron chi connectivity index (χ2n) is 5.06. The van der Waals surface area contributed by atoms with E-state index in [0.717, 1.165) is 0 Å². The van der Waals surface area contributed by atoms with Crippen LogP contribution in [0.5, 0.6) is 23.0 Å². The Labute approximate surface area is 147 Å². The zero-order valence-corrected chi connectivity index (χ0v) is 13.5. The van der Waals surface area contributed by atoms with Crippen LogP contribution in [-0.2, 0) is 9.59 Å². The van der Waals surface area contributed by atoms with Crippen LogP contribution in [0.4, 0.5) is 0 Å². The number of ether oxygens (including phenoxy) is 2. The lowest BCUT2D eigenvalue weighted by atomic mass is 10.1. The van der Waals surface area contributed by atoms with Crippen molar-refractivity contribution in [2.75, 3.05) is 0 Å². The molecule has 0 bridgehead atoms.